The Kier molecular flexibility index (Phi) is 5.79. The Labute approximate surface area is 198 Å². The van der Waals surface area contributed by atoms with E-state index in [2.05, 4.69) is 37.0 Å². The van der Waals surface area contributed by atoms with Crippen molar-refractivity contribution in [2.75, 3.05) is 32.5 Å². The Morgan fingerprint density at radius 1 is 1.15 bits per heavy atom. The van der Waals surface area contributed by atoms with Crippen molar-refractivity contribution in [3.8, 4) is 0 Å². The number of pyridine rings is 1. The molecule has 5 rings (SSSR count). The van der Waals surface area contributed by atoms with Gasteiger partial charge in [0.2, 0.25) is 0 Å². The Balaban J connectivity index is 1.37. The van der Waals surface area contributed by atoms with Gasteiger partial charge in [-0.1, -0.05) is 30.3 Å². The monoisotopic (exact) mass is 459 g/mol. The first-order valence-electron chi connectivity index (χ1n) is 11.5. The third-order valence-corrected chi connectivity index (χ3v) is 6.71. The van der Waals surface area contributed by atoms with Crippen molar-refractivity contribution in [1.29, 1.82) is 0 Å². The van der Waals surface area contributed by atoms with Crippen molar-refractivity contribution in [3.63, 3.8) is 0 Å². The molecule has 9 nitrogen and oxygen atoms in total. The molecule has 0 saturated carbocycles. The Hall–Kier alpha value is -3.72. The van der Waals surface area contributed by atoms with Gasteiger partial charge in [-0.15, -0.1) is 0 Å². The molecule has 1 saturated heterocycles. The minimum absolute atomic E-state index is 0.167. The van der Waals surface area contributed by atoms with Crippen molar-refractivity contribution in [2.45, 2.75) is 25.0 Å². The molecular weight excluding hydrogens is 430 g/mol. The van der Waals surface area contributed by atoms with Gasteiger partial charge in [0, 0.05) is 45.0 Å². The van der Waals surface area contributed by atoms with E-state index < -0.39 is 5.91 Å². The third-order valence-electron chi connectivity index (χ3n) is 6.71. The highest BCUT2D eigenvalue weighted by atomic mass is 16.2. The van der Waals surface area contributed by atoms with Crippen LogP contribution in [0.25, 0.3) is 0 Å². The van der Waals surface area contributed by atoms with Crippen LogP contribution in [-0.4, -0.2) is 69.2 Å². The predicted octanol–water partition coefficient (Wildman–Crippen LogP) is 1.91. The Morgan fingerprint density at radius 2 is 1.94 bits per heavy atom. The molecule has 0 aliphatic carbocycles. The van der Waals surface area contributed by atoms with Gasteiger partial charge < -0.3 is 19.7 Å². The molecule has 1 fully saturated rings. The zero-order chi connectivity index (χ0) is 23.8. The van der Waals surface area contributed by atoms with Gasteiger partial charge in [-0.05, 0) is 32.1 Å². The van der Waals surface area contributed by atoms with Crippen LogP contribution in [0.15, 0.2) is 59.9 Å². The van der Waals surface area contributed by atoms with E-state index in [9.17, 15) is 9.59 Å². The van der Waals surface area contributed by atoms with Gasteiger partial charge in [0.1, 0.15) is 11.5 Å². The van der Waals surface area contributed by atoms with E-state index in [0.717, 1.165) is 18.8 Å². The molecule has 4 heterocycles. The minimum Gasteiger partial charge on any atom is -0.363 e. The summed E-state index contributed by atoms with van der Waals surface area (Å²) in [5.41, 5.74) is 1.72. The maximum atomic E-state index is 13.2. The second-order valence-corrected chi connectivity index (χ2v) is 9.13. The van der Waals surface area contributed by atoms with Crippen molar-refractivity contribution in [1.82, 2.24) is 24.1 Å². The summed E-state index contributed by atoms with van der Waals surface area (Å²) in [7, 11) is 5.70. The number of aromatic nitrogens is 3. The summed E-state index contributed by atoms with van der Waals surface area (Å²) < 4.78 is 3.54. The summed E-state index contributed by atoms with van der Waals surface area (Å²) in [4.78, 5) is 34.6. The number of likely N-dealkylation sites (tertiary alicyclic amines) is 1. The molecule has 0 bridgehead atoms. The number of fused-ring (bicyclic) bond motifs is 1. The molecule has 1 aromatic carbocycles. The Morgan fingerprint density at radius 3 is 2.68 bits per heavy atom. The van der Waals surface area contributed by atoms with Gasteiger partial charge in [0.15, 0.2) is 0 Å². The summed E-state index contributed by atoms with van der Waals surface area (Å²) in [6.45, 7) is 2.11. The lowest BCUT2D eigenvalue weighted by Crippen LogP contribution is -2.35. The zero-order valence-electron chi connectivity index (χ0n) is 19.7. The average Bonchev–Trinajstić information content (AvgIpc) is 3.57. The molecule has 2 aliphatic heterocycles. The highest BCUT2D eigenvalue weighted by Crippen LogP contribution is 2.27. The molecule has 34 heavy (non-hydrogen) atoms. The fourth-order valence-corrected chi connectivity index (χ4v) is 4.70. The predicted molar refractivity (Wildman–Crippen MR) is 128 cm³/mol. The lowest BCUT2D eigenvalue weighted by atomic mass is 10.1. The lowest BCUT2D eigenvalue weighted by Gasteiger charge is -2.20. The lowest BCUT2D eigenvalue weighted by molar-refractivity contribution is 0.0777. The van der Waals surface area contributed by atoms with E-state index >= 15 is 0 Å². The number of anilines is 1. The number of hydrogen-bond acceptors (Lipinski definition) is 5. The molecule has 2 unspecified atom stereocenters. The van der Waals surface area contributed by atoms with Crippen LogP contribution in [0.4, 0.5) is 5.82 Å². The molecule has 2 aromatic heterocycles. The fraction of sp³-hybridized carbons (Fsp3) is 0.360. The van der Waals surface area contributed by atoms with Gasteiger partial charge in [-0.2, -0.15) is 5.10 Å². The highest BCUT2D eigenvalue weighted by molar-refractivity contribution is 6.06. The molecule has 3 aromatic rings. The maximum absolute atomic E-state index is 13.2. The maximum Gasteiger partial charge on any atom is 0.296 e. The van der Waals surface area contributed by atoms with E-state index in [1.165, 1.54) is 16.4 Å². The standard InChI is InChI=1S/C25H29N7O2/c1-29(2)19-10-12-32(15-19)25(34)20-14-26-30(3)23(20)24(33)27-18-9-11-31-16-21(28-22(31)13-18)17-7-5-4-6-8-17/h4-9,11,13-14,19,21,28H,10,12,15-16H2,1-3H3. The molecule has 2 aliphatic rings. The molecule has 2 atom stereocenters. The first-order valence-corrected chi connectivity index (χ1v) is 11.5. The van der Waals surface area contributed by atoms with Crippen LogP contribution in [0.2, 0.25) is 0 Å². The highest BCUT2D eigenvalue weighted by Gasteiger charge is 2.31. The first kappa shape index (κ1) is 22.1. The summed E-state index contributed by atoms with van der Waals surface area (Å²) in [6.07, 6.45) is 4.31. The van der Waals surface area contributed by atoms with Crippen LogP contribution in [0, 0.1) is 0 Å². The van der Waals surface area contributed by atoms with E-state index in [0.29, 0.717) is 30.1 Å². The summed E-state index contributed by atoms with van der Waals surface area (Å²) in [5, 5.41) is 8.22. The molecule has 176 valence electrons. The van der Waals surface area contributed by atoms with Gasteiger partial charge in [-0.25, -0.2) is 4.99 Å². The number of rotatable bonds is 4. The van der Waals surface area contributed by atoms with E-state index in [1.807, 2.05) is 50.6 Å². The van der Waals surface area contributed by atoms with Gasteiger partial charge in [0.25, 0.3) is 11.8 Å². The number of carbonyl (C=O) groups excluding carboxylic acids is 2. The number of aryl methyl sites for hydroxylation is 1. The minimum atomic E-state index is -0.478. The number of amides is 2. The number of benzene rings is 1. The number of nitrogens with one attached hydrogen (secondary N) is 1. The largest absolute Gasteiger partial charge is 0.363 e. The third kappa shape index (κ3) is 4.14. The van der Waals surface area contributed by atoms with E-state index in [1.54, 1.807) is 11.9 Å². The summed E-state index contributed by atoms with van der Waals surface area (Å²) in [5.74, 6) is 0.248. The van der Waals surface area contributed by atoms with Crippen molar-refractivity contribution >= 4 is 17.6 Å². The smallest absolute Gasteiger partial charge is 0.296 e. The molecule has 9 heteroatoms. The quantitative estimate of drug-likeness (QED) is 0.644. The number of carbonyl (C=O) groups is 2. The van der Waals surface area contributed by atoms with Crippen molar-refractivity contribution in [3.05, 3.63) is 77.0 Å². The SMILES string of the molecule is CN(C)C1CCN(C(=O)c2cnn(C)c2C(=O)N=c2ccn3c(c2)NC(c2ccccc2)C3)C1. The van der Waals surface area contributed by atoms with Crippen LogP contribution < -0.4 is 10.7 Å². The Bertz CT molecular complexity index is 1290. The van der Waals surface area contributed by atoms with Crippen LogP contribution >= 0.6 is 0 Å². The number of nitrogens with zero attached hydrogens (tertiary/aromatic N) is 6. The second kappa shape index (κ2) is 8.90. The van der Waals surface area contributed by atoms with Crippen LogP contribution in [0.5, 0.6) is 0 Å². The van der Waals surface area contributed by atoms with E-state index in [-0.39, 0.29) is 17.6 Å². The molecular formula is C25H29N7O2. The first-order chi connectivity index (χ1) is 16.4. The molecule has 0 spiro atoms. The summed E-state index contributed by atoms with van der Waals surface area (Å²) in [6, 6.07) is 14.4. The van der Waals surface area contributed by atoms with Crippen LogP contribution in [0.3, 0.4) is 0 Å². The van der Waals surface area contributed by atoms with Crippen LogP contribution in [-0.2, 0) is 13.6 Å². The average molecular weight is 460 g/mol. The van der Waals surface area contributed by atoms with Crippen molar-refractivity contribution in [2.24, 2.45) is 12.0 Å². The normalized spacial score (nSPS) is 20.0. The molecule has 0 radical (unpaired) electrons. The summed E-state index contributed by atoms with van der Waals surface area (Å²) >= 11 is 0. The van der Waals surface area contributed by atoms with E-state index in [4.69, 9.17) is 0 Å². The van der Waals surface area contributed by atoms with Crippen molar-refractivity contribution < 1.29 is 9.59 Å². The van der Waals surface area contributed by atoms with Crippen LogP contribution in [0.1, 0.15) is 38.9 Å². The van der Waals surface area contributed by atoms with Gasteiger partial charge in [0.05, 0.1) is 23.2 Å². The van der Waals surface area contributed by atoms with Gasteiger partial charge in [-0.3, -0.25) is 14.3 Å². The topological polar surface area (TPSA) is 87.8 Å². The molecule has 2 amide bonds. The van der Waals surface area contributed by atoms with Gasteiger partial charge >= 0.3 is 0 Å². The fourth-order valence-electron chi connectivity index (χ4n) is 4.70. The molecule has 1 N–H and O–H groups in total. The number of likely N-dealkylation sites (N-methyl/N-ethyl adjacent to an activating group) is 1. The zero-order valence-corrected chi connectivity index (χ0v) is 19.7. The number of hydrogen-bond donors (Lipinski definition) is 1. The second-order valence-electron chi connectivity index (χ2n) is 9.13.